The van der Waals surface area contributed by atoms with Crippen LogP contribution in [0.3, 0.4) is 0 Å². The lowest BCUT2D eigenvalue weighted by Gasteiger charge is -2.10. The Kier molecular flexibility index (Phi) is 4.22. The van der Waals surface area contributed by atoms with Gasteiger partial charge in [-0.3, -0.25) is 9.36 Å². The lowest BCUT2D eigenvalue weighted by molar-refractivity contribution is 0.414. The Hall–Kier alpha value is -3.06. The molecule has 0 saturated carbocycles. The maximum atomic E-state index is 14.3. The second-order valence-corrected chi connectivity index (χ2v) is 6.51. The molecule has 0 aliphatic heterocycles. The van der Waals surface area contributed by atoms with Gasteiger partial charge in [-0.25, -0.2) is 13.8 Å². The van der Waals surface area contributed by atoms with Crippen molar-refractivity contribution in [3.8, 4) is 11.5 Å². The second-order valence-electron chi connectivity index (χ2n) is 5.61. The molecule has 0 unspecified atom stereocenters. The van der Waals surface area contributed by atoms with Crippen LogP contribution < -0.4 is 10.3 Å². The van der Waals surface area contributed by atoms with Gasteiger partial charge in [0.25, 0.3) is 5.56 Å². The third kappa shape index (κ3) is 3.09. The Labute approximate surface area is 150 Å². The summed E-state index contributed by atoms with van der Waals surface area (Å²) in [6, 6.07) is 11.8. The molecule has 0 amide bonds. The summed E-state index contributed by atoms with van der Waals surface area (Å²) in [6.45, 7) is 0.175. The number of ether oxygens (including phenoxy) is 1. The molecular weight excluding hydrogens is 358 g/mol. The Morgan fingerprint density at radius 1 is 1.04 bits per heavy atom. The van der Waals surface area contributed by atoms with E-state index in [-0.39, 0.29) is 23.6 Å². The Bertz CT molecular complexity index is 1150. The van der Waals surface area contributed by atoms with E-state index in [1.54, 1.807) is 23.6 Å². The largest absolute Gasteiger partial charge is 0.451 e. The van der Waals surface area contributed by atoms with E-state index < -0.39 is 11.6 Å². The lowest BCUT2D eigenvalue weighted by atomic mass is 10.2. The van der Waals surface area contributed by atoms with Crippen LogP contribution in [0.15, 0.2) is 65.0 Å². The molecule has 0 radical (unpaired) electrons. The number of fused-ring (bicyclic) bond motifs is 1. The fourth-order valence-electron chi connectivity index (χ4n) is 2.57. The number of halogens is 2. The van der Waals surface area contributed by atoms with Crippen molar-refractivity contribution in [3.63, 3.8) is 0 Å². The highest BCUT2D eigenvalue weighted by atomic mass is 32.1. The normalized spacial score (nSPS) is 11.0. The Morgan fingerprint density at radius 2 is 1.85 bits per heavy atom. The van der Waals surface area contributed by atoms with Crippen LogP contribution in [0.4, 0.5) is 8.78 Å². The Balaban J connectivity index is 1.60. The third-order valence-electron chi connectivity index (χ3n) is 3.86. The van der Waals surface area contributed by atoms with Crippen LogP contribution in [0.2, 0.25) is 0 Å². The molecule has 0 aliphatic carbocycles. The molecular formula is C19H12F2N2O2S. The second kappa shape index (κ2) is 6.68. The molecule has 4 nitrogen and oxygen atoms in total. The van der Waals surface area contributed by atoms with Crippen LogP contribution >= 0.6 is 11.3 Å². The SMILES string of the molecule is O=c1c2ccsc2ncn1Cc1ccc(Oc2ccccc2F)c(F)c1. The zero-order valence-corrected chi connectivity index (χ0v) is 14.2. The van der Waals surface area contributed by atoms with Crippen molar-refractivity contribution in [2.45, 2.75) is 6.54 Å². The van der Waals surface area contributed by atoms with E-state index in [4.69, 9.17) is 4.74 Å². The quantitative estimate of drug-likeness (QED) is 0.528. The number of hydrogen-bond donors (Lipinski definition) is 0. The third-order valence-corrected chi connectivity index (χ3v) is 4.68. The Morgan fingerprint density at radius 3 is 2.65 bits per heavy atom. The topological polar surface area (TPSA) is 44.1 Å². The first-order chi connectivity index (χ1) is 12.6. The summed E-state index contributed by atoms with van der Waals surface area (Å²) in [5.41, 5.74) is 0.394. The summed E-state index contributed by atoms with van der Waals surface area (Å²) >= 11 is 1.39. The van der Waals surface area contributed by atoms with Crippen molar-refractivity contribution in [2.24, 2.45) is 0 Å². The van der Waals surface area contributed by atoms with E-state index >= 15 is 0 Å². The predicted molar refractivity (Wildman–Crippen MR) is 95.9 cm³/mol. The molecule has 7 heteroatoms. The molecule has 130 valence electrons. The molecule has 2 aromatic carbocycles. The summed E-state index contributed by atoms with van der Waals surface area (Å²) in [5.74, 6) is -1.35. The molecule has 0 aliphatic rings. The first-order valence-corrected chi connectivity index (χ1v) is 8.63. The maximum Gasteiger partial charge on any atom is 0.262 e. The van der Waals surface area contributed by atoms with Gasteiger partial charge in [0, 0.05) is 0 Å². The van der Waals surface area contributed by atoms with Gasteiger partial charge in [-0.05, 0) is 41.3 Å². The zero-order chi connectivity index (χ0) is 18.1. The number of thiophene rings is 1. The highest BCUT2D eigenvalue weighted by molar-refractivity contribution is 7.16. The lowest BCUT2D eigenvalue weighted by Crippen LogP contribution is -2.20. The average Bonchev–Trinajstić information content (AvgIpc) is 3.11. The van der Waals surface area contributed by atoms with Crippen molar-refractivity contribution in [2.75, 3.05) is 0 Å². The molecule has 0 bridgehead atoms. The van der Waals surface area contributed by atoms with E-state index in [9.17, 15) is 13.6 Å². The minimum absolute atomic E-state index is 0.0533. The summed E-state index contributed by atoms with van der Waals surface area (Å²) in [6.07, 6.45) is 1.45. The molecule has 4 rings (SSSR count). The van der Waals surface area contributed by atoms with Crippen LogP contribution in [0.1, 0.15) is 5.56 Å². The molecule has 0 N–H and O–H groups in total. The van der Waals surface area contributed by atoms with Crippen LogP contribution in [0, 0.1) is 11.6 Å². The highest BCUT2D eigenvalue weighted by Gasteiger charge is 2.11. The number of aromatic nitrogens is 2. The first-order valence-electron chi connectivity index (χ1n) is 7.75. The number of hydrogen-bond acceptors (Lipinski definition) is 4. The summed E-state index contributed by atoms with van der Waals surface area (Å²) in [5, 5.41) is 2.34. The van der Waals surface area contributed by atoms with E-state index in [0.29, 0.717) is 15.8 Å². The van der Waals surface area contributed by atoms with Crippen LogP contribution in [0.5, 0.6) is 11.5 Å². The van der Waals surface area contributed by atoms with Crippen molar-refractivity contribution in [1.29, 1.82) is 0 Å². The zero-order valence-electron chi connectivity index (χ0n) is 13.4. The van der Waals surface area contributed by atoms with Crippen LogP contribution in [-0.2, 0) is 6.54 Å². The fraction of sp³-hybridized carbons (Fsp3) is 0.0526. The molecule has 0 saturated heterocycles. The van der Waals surface area contributed by atoms with Gasteiger partial charge >= 0.3 is 0 Å². The molecule has 4 aromatic rings. The van der Waals surface area contributed by atoms with Gasteiger partial charge in [0.1, 0.15) is 4.83 Å². The number of para-hydroxylation sites is 1. The van der Waals surface area contributed by atoms with Crippen molar-refractivity contribution < 1.29 is 13.5 Å². The molecule has 2 heterocycles. The first kappa shape index (κ1) is 16.4. The summed E-state index contributed by atoms with van der Waals surface area (Å²) in [7, 11) is 0. The summed E-state index contributed by atoms with van der Waals surface area (Å²) in [4.78, 5) is 17.3. The van der Waals surface area contributed by atoms with Crippen molar-refractivity contribution in [3.05, 3.63) is 87.8 Å². The smallest absolute Gasteiger partial charge is 0.262 e. The van der Waals surface area contributed by atoms with Crippen LogP contribution in [0.25, 0.3) is 10.2 Å². The molecule has 26 heavy (non-hydrogen) atoms. The molecule has 0 spiro atoms. The van der Waals surface area contributed by atoms with Crippen molar-refractivity contribution in [1.82, 2.24) is 9.55 Å². The average molecular weight is 370 g/mol. The maximum absolute atomic E-state index is 14.3. The number of benzene rings is 2. The molecule has 0 fully saturated rings. The highest BCUT2D eigenvalue weighted by Crippen LogP contribution is 2.27. The van der Waals surface area contributed by atoms with Gasteiger partial charge in [-0.2, -0.15) is 0 Å². The van der Waals surface area contributed by atoms with Crippen LogP contribution in [-0.4, -0.2) is 9.55 Å². The van der Waals surface area contributed by atoms with Gasteiger partial charge in [-0.15, -0.1) is 11.3 Å². The standard InChI is InChI=1S/C19H12F2N2O2S/c20-14-3-1-2-4-16(14)25-17-6-5-12(9-15(17)21)10-23-11-22-18-13(19(23)24)7-8-26-18/h1-9,11H,10H2. The number of rotatable bonds is 4. The monoisotopic (exact) mass is 370 g/mol. The van der Waals surface area contributed by atoms with Gasteiger partial charge in [0.15, 0.2) is 23.1 Å². The van der Waals surface area contributed by atoms with E-state index in [1.165, 1.54) is 52.6 Å². The fourth-order valence-corrected chi connectivity index (χ4v) is 3.30. The van der Waals surface area contributed by atoms with E-state index in [1.807, 2.05) is 0 Å². The van der Waals surface area contributed by atoms with Gasteiger partial charge in [0.2, 0.25) is 0 Å². The van der Waals surface area contributed by atoms with Gasteiger partial charge in [0.05, 0.1) is 18.3 Å². The van der Waals surface area contributed by atoms with Gasteiger partial charge in [-0.1, -0.05) is 18.2 Å². The van der Waals surface area contributed by atoms with E-state index in [2.05, 4.69) is 4.98 Å². The molecule has 2 aromatic heterocycles. The number of nitrogens with zero attached hydrogens (tertiary/aromatic N) is 2. The minimum atomic E-state index is -0.636. The minimum Gasteiger partial charge on any atom is -0.451 e. The summed E-state index contributed by atoms with van der Waals surface area (Å²) < 4.78 is 34.7. The predicted octanol–water partition coefficient (Wildman–Crippen LogP) is 4.58. The molecule has 0 atom stereocenters. The van der Waals surface area contributed by atoms with Crippen molar-refractivity contribution >= 4 is 21.6 Å². The van der Waals surface area contributed by atoms with E-state index in [0.717, 1.165) is 0 Å². The van der Waals surface area contributed by atoms with Gasteiger partial charge < -0.3 is 4.74 Å².